The molecule has 1 nitrogen and oxygen atoms in total. The van der Waals surface area contributed by atoms with Crippen LogP contribution >= 0.6 is 15.9 Å². The minimum atomic E-state index is -0.208. The molecule has 0 spiro atoms. The fraction of sp³-hybridized carbons (Fsp3) is 0.294. The smallest absolute Gasteiger partial charge is 0.124 e. The highest BCUT2D eigenvalue weighted by Gasteiger charge is 2.25. The maximum absolute atomic E-state index is 13.1. The first kappa shape index (κ1) is 13.8. The molecule has 1 N–H and O–H groups in total. The van der Waals surface area contributed by atoms with Crippen LogP contribution in [0.2, 0.25) is 0 Å². The van der Waals surface area contributed by atoms with Gasteiger partial charge in [0.15, 0.2) is 0 Å². The van der Waals surface area contributed by atoms with Crippen molar-refractivity contribution in [2.75, 3.05) is 6.54 Å². The van der Waals surface area contributed by atoms with Crippen LogP contribution in [0.25, 0.3) is 0 Å². The third-order valence-corrected chi connectivity index (χ3v) is 4.75. The molecule has 0 amide bonds. The zero-order chi connectivity index (χ0) is 14.1. The number of hydrogen-bond donors (Lipinski definition) is 1. The molecule has 2 unspecified atom stereocenters. The van der Waals surface area contributed by atoms with E-state index in [9.17, 15) is 4.39 Å². The van der Waals surface area contributed by atoms with Crippen molar-refractivity contribution in [2.45, 2.75) is 25.3 Å². The van der Waals surface area contributed by atoms with Crippen LogP contribution in [0, 0.1) is 5.82 Å². The van der Waals surface area contributed by atoms with Crippen LogP contribution in [0.4, 0.5) is 4.39 Å². The molecule has 0 saturated carbocycles. The van der Waals surface area contributed by atoms with Gasteiger partial charge in [0, 0.05) is 23.0 Å². The topological polar surface area (TPSA) is 12.0 Å². The Hall–Kier alpha value is -1.19. The summed E-state index contributed by atoms with van der Waals surface area (Å²) in [6, 6.07) is 13.7. The maximum atomic E-state index is 13.1. The molecule has 0 heterocycles. The van der Waals surface area contributed by atoms with Gasteiger partial charge >= 0.3 is 0 Å². The summed E-state index contributed by atoms with van der Waals surface area (Å²) in [5.74, 6) is 0.397. The number of fused-ring (bicyclic) bond motifs is 1. The van der Waals surface area contributed by atoms with Gasteiger partial charge in [0.1, 0.15) is 5.82 Å². The molecule has 2 atom stereocenters. The molecule has 2 aromatic rings. The SMILES string of the molecule is CC(NCC1Cc2ccccc21)c1ccc(F)cc1Br. The van der Waals surface area contributed by atoms with Crippen molar-refractivity contribution >= 4 is 15.9 Å². The molecule has 0 aliphatic heterocycles. The molecule has 3 rings (SSSR count). The first-order valence-electron chi connectivity index (χ1n) is 6.91. The van der Waals surface area contributed by atoms with Crippen LogP contribution in [0.1, 0.15) is 35.6 Å². The zero-order valence-electron chi connectivity index (χ0n) is 11.4. The van der Waals surface area contributed by atoms with Gasteiger partial charge in [-0.2, -0.15) is 0 Å². The Kier molecular flexibility index (Phi) is 3.90. The Labute approximate surface area is 127 Å². The molecule has 104 valence electrons. The van der Waals surface area contributed by atoms with Gasteiger partial charge in [-0.3, -0.25) is 0 Å². The van der Waals surface area contributed by atoms with E-state index in [0.717, 1.165) is 23.0 Å². The largest absolute Gasteiger partial charge is 0.310 e. The lowest BCUT2D eigenvalue weighted by Gasteiger charge is -2.31. The van der Waals surface area contributed by atoms with Crippen molar-refractivity contribution in [3.63, 3.8) is 0 Å². The Bertz CT molecular complexity index is 626. The second kappa shape index (κ2) is 5.66. The normalized spacial score (nSPS) is 18.2. The summed E-state index contributed by atoms with van der Waals surface area (Å²) in [5.41, 5.74) is 4.03. The van der Waals surface area contributed by atoms with E-state index in [4.69, 9.17) is 0 Å². The van der Waals surface area contributed by atoms with Crippen LogP contribution in [0.5, 0.6) is 0 Å². The molecule has 1 aliphatic rings. The Morgan fingerprint density at radius 3 is 2.85 bits per heavy atom. The van der Waals surface area contributed by atoms with Crippen LogP contribution in [-0.2, 0) is 6.42 Å². The predicted molar refractivity (Wildman–Crippen MR) is 83.4 cm³/mol. The Morgan fingerprint density at radius 1 is 1.30 bits per heavy atom. The summed E-state index contributed by atoms with van der Waals surface area (Å²) in [7, 11) is 0. The second-order valence-corrected chi connectivity index (χ2v) is 6.25. The highest BCUT2D eigenvalue weighted by molar-refractivity contribution is 9.10. The van der Waals surface area contributed by atoms with E-state index in [1.54, 1.807) is 0 Å². The molecule has 3 heteroatoms. The zero-order valence-corrected chi connectivity index (χ0v) is 13.0. The third-order valence-electron chi connectivity index (χ3n) is 4.06. The first-order valence-corrected chi connectivity index (χ1v) is 7.70. The molecular formula is C17H17BrFN. The van der Waals surface area contributed by atoms with Gasteiger partial charge in [0.25, 0.3) is 0 Å². The maximum Gasteiger partial charge on any atom is 0.124 e. The van der Waals surface area contributed by atoms with Crippen molar-refractivity contribution in [1.29, 1.82) is 0 Å². The van der Waals surface area contributed by atoms with Gasteiger partial charge < -0.3 is 5.32 Å². The summed E-state index contributed by atoms with van der Waals surface area (Å²) < 4.78 is 13.9. The molecule has 2 aromatic carbocycles. The monoisotopic (exact) mass is 333 g/mol. The lowest BCUT2D eigenvalue weighted by Crippen LogP contribution is -2.30. The summed E-state index contributed by atoms with van der Waals surface area (Å²) in [6.07, 6.45) is 1.15. The molecule has 0 bridgehead atoms. The Balaban J connectivity index is 1.62. The highest BCUT2D eigenvalue weighted by Crippen LogP contribution is 2.34. The lowest BCUT2D eigenvalue weighted by molar-refractivity contribution is 0.488. The van der Waals surface area contributed by atoms with Crippen molar-refractivity contribution in [3.05, 3.63) is 69.4 Å². The number of benzene rings is 2. The second-order valence-electron chi connectivity index (χ2n) is 5.40. The van der Waals surface area contributed by atoms with Gasteiger partial charge in [-0.05, 0) is 42.2 Å². The average Bonchev–Trinajstić information content (AvgIpc) is 2.39. The number of hydrogen-bond acceptors (Lipinski definition) is 1. The van der Waals surface area contributed by atoms with E-state index in [0.29, 0.717) is 5.92 Å². The van der Waals surface area contributed by atoms with Crippen molar-refractivity contribution in [2.24, 2.45) is 0 Å². The summed E-state index contributed by atoms with van der Waals surface area (Å²) in [6.45, 7) is 3.07. The molecule has 0 fully saturated rings. The van der Waals surface area contributed by atoms with E-state index >= 15 is 0 Å². The van der Waals surface area contributed by atoms with E-state index in [-0.39, 0.29) is 11.9 Å². The van der Waals surface area contributed by atoms with E-state index in [2.05, 4.69) is 52.4 Å². The summed E-state index contributed by atoms with van der Waals surface area (Å²) >= 11 is 3.43. The van der Waals surface area contributed by atoms with Crippen LogP contribution in [0.3, 0.4) is 0 Å². The van der Waals surface area contributed by atoms with Crippen molar-refractivity contribution in [3.8, 4) is 0 Å². The first-order chi connectivity index (χ1) is 9.65. The van der Waals surface area contributed by atoms with E-state index in [1.165, 1.54) is 23.3 Å². The predicted octanol–water partition coefficient (Wildman–Crippen LogP) is 4.58. The van der Waals surface area contributed by atoms with Crippen LogP contribution < -0.4 is 5.32 Å². The van der Waals surface area contributed by atoms with Gasteiger partial charge in [-0.15, -0.1) is 0 Å². The number of rotatable bonds is 4. The van der Waals surface area contributed by atoms with E-state index < -0.39 is 0 Å². The third kappa shape index (κ3) is 2.65. The molecular weight excluding hydrogens is 317 g/mol. The minimum Gasteiger partial charge on any atom is -0.310 e. The minimum absolute atomic E-state index is 0.206. The van der Waals surface area contributed by atoms with Gasteiger partial charge in [0.05, 0.1) is 0 Å². The van der Waals surface area contributed by atoms with E-state index in [1.807, 2.05) is 6.07 Å². The molecule has 0 saturated heterocycles. The van der Waals surface area contributed by atoms with Gasteiger partial charge in [-0.1, -0.05) is 46.3 Å². The standard InChI is InChI=1S/C17H17BrFN/c1-11(15-7-6-14(19)9-17(15)18)20-10-13-8-12-4-2-3-5-16(12)13/h2-7,9,11,13,20H,8,10H2,1H3. The Morgan fingerprint density at radius 2 is 2.10 bits per heavy atom. The molecule has 0 aromatic heterocycles. The molecule has 20 heavy (non-hydrogen) atoms. The fourth-order valence-electron chi connectivity index (χ4n) is 2.83. The van der Waals surface area contributed by atoms with Crippen molar-refractivity contribution < 1.29 is 4.39 Å². The summed E-state index contributed by atoms with van der Waals surface area (Å²) in [5, 5.41) is 3.55. The molecule has 0 radical (unpaired) electrons. The molecule has 1 aliphatic carbocycles. The average molecular weight is 334 g/mol. The van der Waals surface area contributed by atoms with Gasteiger partial charge in [0.2, 0.25) is 0 Å². The number of nitrogens with one attached hydrogen (secondary N) is 1. The lowest BCUT2D eigenvalue weighted by atomic mass is 9.77. The van der Waals surface area contributed by atoms with Crippen molar-refractivity contribution in [1.82, 2.24) is 5.32 Å². The fourth-order valence-corrected chi connectivity index (χ4v) is 3.52. The van der Waals surface area contributed by atoms with Gasteiger partial charge in [-0.25, -0.2) is 4.39 Å². The summed E-state index contributed by atoms with van der Waals surface area (Å²) in [4.78, 5) is 0. The van der Waals surface area contributed by atoms with Crippen LogP contribution in [0.15, 0.2) is 46.9 Å². The number of halogens is 2. The quantitative estimate of drug-likeness (QED) is 0.863. The van der Waals surface area contributed by atoms with Crippen LogP contribution in [-0.4, -0.2) is 6.54 Å². The highest BCUT2D eigenvalue weighted by atomic mass is 79.9.